The fraction of sp³-hybridized carbons (Fsp3) is 0.444. The molecule has 1 aromatic rings. The predicted molar refractivity (Wildman–Crippen MR) is 59.6 cm³/mol. The van der Waals surface area contributed by atoms with Gasteiger partial charge in [0.2, 0.25) is 5.88 Å². The standard InChI is InChI=1S/C9H12Cl2N2O/c1-3-12-8-6(10)5-7(11)9(13-8)14-4-2/h5H,3-4H2,1-2H3,(H,12,13). The summed E-state index contributed by atoms with van der Waals surface area (Å²) in [6.07, 6.45) is 0. The van der Waals surface area contributed by atoms with Crippen molar-refractivity contribution in [2.45, 2.75) is 13.8 Å². The van der Waals surface area contributed by atoms with Gasteiger partial charge in [-0.1, -0.05) is 23.2 Å². The Labute approximate surface area is 93.4 Å². The number of aromatic nitrogens is 1. The van der Waals surface area contributed by atoms with E-state index in [1.165, 1.54) is 0 Å². The number of ether oxygens (including phenoxy) is 1. The van der Waals surface area contributed by atoms with Crippen LogP contribution in [0.4, 0.5) is 5.82 Å². The number of hydrogen-bond donors (Lipinski definition) is 1. The molecule has 0 aliphatic carbocycles. The van der Waals surface area contributed by atoms with Crippen molar-refractivity contribution in [2.24, 2.45) is 0 Å². The summed E-state index contributed by atoms with van der Waals surface area (Å²) in [4.78, 5) is 4.15. The molecule has 1 rings (SSSR count). The fourth-order valence-corrected chi connectivity index (χ4v) is 1.46. The molecule has 0 saturated heterocycles. The third kappa shape index (κ3) is 2.66. The van der Waals surface area contributed by atoms with Crippen LogP contribution < -0.4 is 10.1 Å². The molecule has 1 aromatic heterocycles. The van der Waals surface area contributed by atoms with E-state index in [4.69, 9.17) is 27.9 Å². The first kappa shape index (κ1) is 11.4. The molecule has 0 fully saturated rings. The molecule has 0 aliphatic rings. The predicted octanol–water partition coefficient (Wildman–Crippen LogP) is 3.22. The Morgan fingerprint density at radius 3 is 2.64 bits per heavy atom. The Morgan fingerprint density at radius 1 is 1.36 bits per heavy atom. The van der Waals surface area contributed by atoms with Gasteiger partial charge in [-0.25, -0.2) is 0 Å². The molecule has 0 bridgehead atoms. The molecule has 1 heterocycles. The highest BCUT2D eigenvalue weighted by Gasteiger charge is 2.08. The maximum atomic E-state index is 5.92. The first-order chi connectivity index (χ1) is 6.69. The Kier molecular flexibility index (Phi) is 4.29. The molecule has 0 radical (unpaired) electrons. The minimum Gasteiger partial charge on any atom is -0.477 e. The van der Waals surface area contributed by atoms with Crippen molar-refractivity contribution < 1.29 is 4.74 Å². The van der Waals surface area contributed by atoms with Crippen molar-refractivity contribution in [3.05, 3.63) is 16.1 Å². The van der Waals surface area contributed by atoms with Crippen LogP contribution in [-0.4, -0.2) is 18.1 Å². The van der Waals surface area contributed by atoms with Crippen molar-refractivity contribution in [1.29, 1.82) is 0 Å². The third-order valence-corrected chi connectivity index (χ3v) is 2.08. The molecule has 0 unspecified atom stereocenters. The van der Waals surface area contributed by atoms with Gasteiger partial charge in [0.05, 0.1) is 11.6 Å². The van der Waals surface area contributed by atoms with Crippen molar-refractivity contribution in [3.63, 3.8) is 0 Å². The largest absolute Gasteiger partial charge is 0.477 e. The Bertz CT molecular complexity index is 291. The van der Waals surface area contributed by atoms with E-state index >= 15 is 0 Å². The molecule has 3 nitrogen and oxygen atoms in total. The highest BCUT2D eigenvalue weighted by atomic mass is 35.5. The molecule has 0 spiro atoms. The van der Waals surface area contributed by atoms with Crippen LogP contribution in [0.3, 0.4) is 0 Å². The maximum Gasteiger partial charge on any atom is 0.234 e. The van der Waals surface area contributed by atoms with Crippen molar-refractivity contribution >= 4 is 29.0 Å². The van der Waals surface area contributed by atoms with Crippen LogP contribution in [0.1, 0.15) is 13.8 Å². The molecule has 0 saturated carbocycles. The first-order valence-corrected chi connectivity index (χ1v) is 5.17. The van der Waals surface area contributed by atoms with Crippen molar-refractivity contribution in [2.75, 3.05) is 18.5 Å². The van der Waals surface area contributed by atoms with Crippen LogP contribution in [0.15, 0.2) is 6.07 Å². The van der Waals surface area contributed by atoms with E-state index in [0.29, 0.717) is 28.3 Å². The number of hydrogen-bond acceptors (Lipinski definition) is 3. The SMILES string of the molecule is CCNc1nc(OCC)c(Cl)cc1Cl. The van der Waals surface area contributed by atoms with Gasteiger partial charge in [-0.3, -0.25) is 0 Å². The van der Waals surface area contributed by atoms with Crippen LogP contribution in [0, 0.1) is 0 Å². The summed E-state index contributed by atoms with van der Waals surface area (Å²) in [7, 11) is 0. The van der Waals surface area contributed by atoms with Gasteiger partial charge >= 0.3 is 0 Å². The van der Waals surface area contributed by atoms with E-state index in [0.717, 1.165) is 6.54 Å². The second-order valence-electron chi connectivity index (χ2n) is 2.57. The Morgan fingerprint density at radius 2 is 2.07 bits per heavy atom. The minimum atomic E-state index is 0.412. The lowest BCUT2D eigenvalue weighted by Crippen LogP contribution is -2.03. The lowest BCUT2D eigenvalue weighted by atomic mass is 10.4. The van der Waals surface area contributed by atoms with Gasteiger partial charge in [-0.05, 0) is 19.9 Å². The zero-order valence-corrected chi connectivity index (χ0v) is 9.61. The van der Waals surface area contributed by atoms with E-state index in [2.05, 4.69) is 10.3 Å². The van der Waals surface area contributed by atoms with Crippen LogP contribution in [-0.2, 0) is 0 Å². The number of rotatable bonds is 4. The molecule has 5 heteroatoms. The summed E-state index contributed by atoms with van der Waals surface area (Å²) in [5, 5.41) is 3.95. The Balaban J connectivity index is 3.00. The zero-order valence-electron chi connectivity index (χ0n) is 8.10. The molecule has 0 amide bonds. The van der Waals surface area contributed by atoms with Crippen LogP contribution >= 0.6 is 23.2 Å². The van der Waals surface area contributed by atoms with Gasteiger partial charge in [0.15, 0.2) is 0 Å². The molecule has 0 aliphatic heterocycles. The number of nitrogens with one attached hydrogen (secondary N) is 1. The lowest BCUT2D eigenvalue weighted by molar-refractivity contribution is 0.327. The summed E-state index contributed by atoms with van der Waals surface area (Å²) in [6, 6.07) is 1.62. The first-order valence-electron chi connectivity index (χ1n) is 4.41. The van der Waals surface area contributed by atoms with Gasteiger partial charge in [-0.15, -0.1) is 0 Å². The van der Waals surface area contributed by atoms with Gasteiger partial charge in [0.1, 0.15) is 10.8 Å². The van der Waals surface area contributed by atoms with E-state index in [1.54, 1.807) is 6.07 Å². The Hall–Kier alpha value is -0.670. The fourth-order valence-electron chi connectivity index (χ4n) is 0.979. The summed E-state index contributed by atoms with van der Waals surface area (Å²) in [5.74, 6) is 1.01. The summed E-state index contributed by atoms with van der Waals surface area (Å²) < 4.78 is 5.24. The average Bonchev–Trinajstić information content (AvgIpc) is 2.14. The van der Waals surface area contributed by atoms with E-state index in [-0.39, 0.29) is 0 Å². The average molecular weight is 235 g/mol. The van der Waals surface area contributed by atoms with Gasteiger partial charge < -0.3 is 10.1 Å². The van der Waals surface area contributed by atoms with E-state index < -0.39 is 0 Å². The highest BCUT2D eigenvalue weighted by Crippen LogP contribution is 2.30. The van der Waals surface area contributed by atoms with Crippen molar-refractivity contribution in [1.82, 2.24) is 4.98 Å². The van der Waals surface area contributed by atoms with E-state index in [9.17, 15) is 0 Å². The molecular weight excluding hydrogens is 223 g/mol. The second-order valence-corrected chi connectivity index (χ2v) is 3.38. The van der Waals surface area contributed by atoms with E-state index in [1.807, 2.05) is 13.8 Å². The van der Waals surface area contributed by atoms with Crippen LogP contribution in [0.2, 0.25) is 10.0 Å². The van der Waals surface area contributed by atoms with Gasteiger partial charge in [-0.2, -0.15) is 4.98 Å². The summed E-state index contributed by atoms with van der Waals surface area (Å²) >= 11 is 11.8. The van der Waals surface area contributed by atoms with Crippen LogP contribution in [0.5, 0.6) is 5.88 Å². The maximum absolute atomic E-state index is 5.92. The summed E-state index contributed by atoms with van der Waals surface area (Å²) in [6.45, 7) is 5.12. The summed E-state index contributed by atoms with van der Waals surface area (Å²) in [5.41, 5.74) is 0. The third-order valence-electron chi connectivity index (χ3n) is 1.52. The van der Waals surface area contributed by atoms with Gasteiger partial charge in [0.25, 0.3) is 0 Å². The number of halogens is 2. The minimum absolute atomic E-state index is 0.412. The molecule has 0 atom stereocenters. The molecule has 1 N–H and O–H groups in total. The smallest absolute Gasteiger partial charge is 0.234 e. The monoisotopic (exact) mass is 234 g/mol. The second kappa shape index (κ2) is 5.27. The lowest BCUT2D eigenvalue weighted by Gasteiger charge is -2.09. The topological polar surface area (TPSA) is 34.2 Å². The normalized spacial score (nSPS) is 10.0. The van der Waals surface area contributed by atoms with Crippen molar-refractivity contribution in [3.8, 4) is 5.88 Å². The quantitative estimate of drug-likeness (QED) is 0.869. The molecule has 14 heavy (non-hydrogen) atoms. The number of pyridine rings is 1. The number of anilines is 1. The van der Waals surface area contributed by atoms with Gasteiger partial charge in [0, 0.05) is 6.54 Å². The highest BCUT2D eigenvalue weighted by molar-refractivity contribution is 6.36. The molecule has 78 valence electrons. The van der Waals surface area contributed by atoms with Crippen LogP contribution in [0.25, 0.3) is 0 Å². The molecule has 0 aromatic carbocycles. The molecular formula is C9H12Cl2N2O. The number of nitrogens with zero attached hydrogens (tertiary/aromatic N) is 1. The zero-order chi connectivity index (χ0) is 10.6.